The van der Waals surface area contributed by atoms with Crippen molar-refractivity contribution in [1.29, 1.82) is 0 Å². The second kappa shape index (κ2) is 11.1. The molecule has 3 rings (SSSR count). The summed E-state index contributed by atoms with van der Waals surface area (Å²) < 4.78 is 24.0. The van der Waals surface area contributed by atoms with Gasteiger partial charge in [-0.05, 0) is 42.7 Å². The smallest absolute Gasteiger partial charge is 0.237 e. The molecule has 1 aromatic carbocycles. The lowest BCUT2D eigenvalue weighted by Gasteiger charge is -2.36. The third kappa shape index (κ3) is 6.68. The number of benzene rings is 1. The van der Waals surface area contributed by atoms with Crippen molar-refractivity contribution in [3.63, 3.8) is 0 Å². The van der Waals surface area contributed by atoms with Gasteiger partial charge < -0.3 is 14.1 Å². The van der Waals surface area contributed by atoms with E-state index >= 15 is 0 Å². The lowest BCUT2D eigenvalue weighted by atomic mass is 9.93. The maximum atomic E-state index is 13.4. The number of amides is 1. The van der Waals surface area contributed by atoms with Gasteiger partial charge in [0.05, 0.1) is 26.0 Å². The van der Waals surface area contributed by atoms with Crippen LogP contribution in [0.4, 0.5) is 4.39 Å². The minimum atomic E-state index is -0.256. The summed E-state index contributed by atoms with van der Waals surface area (Å²) in [7, 11) is 1.66. The van der Waals surface area contributed by atoms with Gasteiger partial charge in [0.2, 0.25) is 5.91 Å². The molecule has 0 aliphatic heterocycles. The molecule has 1 aromatic heterocycles. The standard InChI is InChI=1S/C23H31FN2O3/c1-28-15-13-25(17-22-8-5-14-29-22)18-23(27)26(21-6-3-2-4-7-21)16-19-9-11-20(24)12-10-19/h5,8-12,14,21H,2-4,6-7,13,15-18H2,1H3. The topological polar surface area (TPSA) is 45.9 Å². The van der Waals surface area contributed by atoms with Crippen molar-refractivity contribution < 1.29 is 18.3 Å². The lowest BCUT2D eigenvalue weighted by Crippen LogP contribution is -2.46. The summed E-state index contributed by atoms with van der Waals surface area (Å²) in [4.78, 5) is 17.4. The van der Waals surface area contributed by atoms with E-state index in [-0.39, 0.29) is 17.8 Å². The molecule has 5 nitrogen and oxygen atoms in total. The van der Waals surface area contributed by atoms with E-state index in [0.717, 1.165) is 37.0 Å². The molecule has 1 amide bonds. The molecule has 0 atom stereocenters. The molecule has 1 saturated carbocycles. The number of hydrogen-bond donors (Lipinski definition) is 0. The predicted molar refractivity (Wildman–Crippen MR) is 110 cm³/mol. The van der Waals surface area contributed by atoms with Crippen LogP contribution in [0.15, 0.2) is 47.1 Å². The van der Waals surface area contributed by atoms with Gasteiger partial charge in [-0.2, -0.15) is 0 Å². The van der Waals surface area contributed by atoms with Gasteiger partial charge >= 0.3 is 0 Å². The summed E-state index contributed by atoms with van der Waals surface area (Å²) >= 11 is 0. The van der Waals surface area contributed by atoms with E-state index in [0.29, 0.717) is 32.8 Å². The SMILES string of the molecule is COCCN(CC(=O)N(Cc1ccc(F)cc1)C1CCCCC1)Cc1ccco1. The van der Waals surface area contributed by atoms with Crippen LogP contribution < -0.4 is 0 Å². The zero-order valence-electron chi connectivity index (χ0n) is 17.2. The summed E-state index contributed by atoms with van der Waals surface area (Å²) in [6.07, 6.45) is 7.24. The van der Waals surface area contributed by atoms with E-state index in [1.807, 2.05) is 17.0 Å². The second-order valence-corrected chi connectivity index (χ2v) is 7.72. The largest absolute Gasteiger partial charge is 0.468 e. The van der Waals surface area contributed by atoms with Gasteiger partial charge in [-0.3, -0.25) is 9.69 Å². The highest BCUT2D eigenvalue weighted by Gasteiger charge is 2.27. The van der Waals surface area contributed by atoms with Crippen LogP contribution in [0.5, 0.6) is 0 Å². The van der Waals surface area contributed by atoms with Gasteiger partial charge in [0.1, 0.15) is 11.6 Å². The molecule has 0 unspecified atom stereocenters. The van der Waals surface area contributed by atoms with Crippen molar-refractivity contribution in [2.24, 2.45) is 0 Å². The van der Waals surface area contributed by atoms with Gasteiger partial charge in [-0.15, -0.1) is 0 Å². The number of rotatable bonds is 10. The number of carbonyl (C=O) groups is 1. The van der Waals surface area contributed by atoms with Crippen molar-refractivity contribution in [3.8, 4) is 0 Å². The Balaban J connectivity index is 1.71. The highest BCUT2D eigenvalue weighted by molar-refractivity contribution is 5.78. The van der Waals surface area contributed by atoms with E-state index in [1.54, 1.807) is 25.5 Å². The highest BCUT2D eigenvalue weighted by Crippen LogP contribution is 2.24. The maximum absolute atomic E-state index is 13.4. The number of furan rings is 1. The molecule has 0 N–H and O–H groups in total. The Kier molecular flexibility index (Phi) is 8.25. The minimum absolute atomic E-state index is 0.101. The molecule has 158 valence electrons. The first-order valence-electron chi connectivity index (χ1n) is 10.4. The monoisotopic (exact) mass is 402 g/mol. The van der Waals surface area contributed by atoms with Gasteiger partial charge in [-0.1, -0.05) is 31.4 Å². The van der Waals surface area contributed by atoms with Crippen molar-refractivity contribution in [1.82, 2.24) is 9.80 Å². The van der Waals surface area contributed by atoms with Crippen molar-refractivity contribution in [2.75, 3.05) is 26.8 Å². The summed E-state index contributed by atoms with van der Waals surface area (Å²) in [6.45, 7) is 2.59. The van der Waals surface area contributed by atoms with E-state index in [2.05, 4.69) is 4.90 Å². The average molecular weight is 403 g/mol. The van der Waals surface area contributed by atoms with Crippen LogP contribution in [0.3, 0.4) is 0 Å². The lowest BCUT2D eigenvalue weighted by molar-refractivity contribution is -0.136. The highest BCUT2D eigenvalue weighted by atomic mass is 19.1. The van der Waals surface area contributed by atoms with E-state index in [1.165, 1.54) is 18.6 Å². The fourth-order valence-electron chi connectivity index (χ4n) is 3.94. The Morgan fingerprint density at radius 3 is 2.55 bits per heavy atom. The van der Waals surface area contributed by atoms with Crippen molar-refractivity contribution in [3.05, 3.63) is 59.8 Å². The molecular formula is C23H31FN2O3. The average Bonchev–Trinajstić information content (AvgIpc) is 3.25. The van der Waals surface area contributed by atoms with Gasteiger partial charge in [0, 0.05) is 26.2 Å². The summed E-state index contributed by atoms with van der Waals surface area (Å²) in [6, 6.07) is 10.5. The summed E-state index contributed by atoms with van der Waals surface area (Å²) in [5.74, 6) is 0.675. The Labute approximate surface area is 172 Å². The van der Waals surface area contributed by atoms with Gasteiger partial charge in [-0.25, -0.2) is 4.39 Å². The molecular weight excluding hydrogens is 371 g/mol. The van der Waals surface area contributed by atoms with E-state index < -0.39 is 0 Å². The summed E-state index contributed by atoms with van der Waals surface area (Å²) in [5, 5.41) is 0. The number of methoxy groups -OCH3 is 1. The number of carbonyl (C=O) groups excluding carboxylic acids is 1. The Bertz CT molecular complexity index is 727. The van der Waals surface area contributed by atoms with Crippen LogP contribution in [0.1, 0.15) is 43.4 Å². The van der Waals surface area contributed by atoms with Gasteiger partial charge in [0.15, 0.2) is 0 Å². The normalized spacial score (nSPS) is 15.0. The minimum Gasteiger partial charge on any atom is -0.468 e. The molecule has 1 aliphatic carbocycles. The van der Waals surface area contributed by atoms with Gasteiger partial charge in [0.25, 0.3) is 0 Å². The zero-order valence-corrected chi connectivity index (χ0v) is 17.2. The Morgan fingerprint density at radius 1 is 1.14 bits per heavy atom. The van der Waals surface area contributed by atoms with Crippen LogP contribution in [0.2, 0.25) is 0 Å². The third-order valence-electron chi connectivity index (χ3n) is 5.53. The fraction of sp³-hybridized carbons (Fsp3) is 0.522. The Hall–Kier alpha value is -2.18. The molecule has 6 heteroatoms. The summed E-state index contributed by atoms with van der Waals surface area (Å²) in [5.41, 5.74) is 0.958. The van der Waals surface area contributed by atoms with Crippen LogP contribution >= 0.6 is 0 Å². The second-order valence-electron chi connectivity index (χ2n) is 7.72. The third-order valence-corrected chi connectivity index (χ3v) is 5.53. The van der Waals surface area contributed by atoms with Crippen molar-refractivity contribution in [2.45, 2.75) is 51.2 Å². The molecule has 1 aliphatic rings. The number of halogens is 1. The first kappa shape index (κ1) is 21.5. The molecule has 1 heterocycles. The Morgan fingerprint density at radius 2 is 1.90 bits per heavy atom. The molecule has 29 heavy (non-hydrogen) atoms. The molecule has 0 saturated heterocycles. The zero-order chi connectivity index (χ0) is 20.5. The number of ether oxygens (including phenoxy) is 1. The van der Waals surface area contributed by atoms with E-state index in [4.69, 9.17) is 9.15 Å². The fourth-order valence-corrected chi connectivity index (χ4v) is 3.94. The number of nitrogens with zero attached hydrogens (tertiary/aromatic N) is 2. The molecule has 2 aromatic rings. The maximum Gasteiger partial charge on any atom is 0.237 e. The van der Waals surface area contributed by atoms with Crippen LogP contribution in [-0.2, 0) is 22.6 Å². The first-order chi connectivity index (χ1) is 14.2. The van der Waals surface area contributed by atoms with Crippen LogP contribution in [-0.4, -0.2) is 48.6 Å². The quantitative estimate of drug-likeness (QED) is 0.597. The number of hydrogen-bond acceptors (Lipinski definition) is 4. The molecule has 0 radical (unpaired) electrons. The van der Waals surface area contributed by atoms with Crippen LogP contribution in [0.25, 0.3) is 0 Å². The van der Waals surface area contributed by atoms with E-state index in [9.17, 15) is 9.18 Å². The first-order valence-corrected chi connectivity index (χ1v) is 10.4. The van der Waals surface area contributed by atoms with Crippen LogP contribution in [0, 0.1) is 5.82 Å². The molecule has 0 spiro atoms. The molecule has 0 bridgehead atoms. The predicted octanol–water partition coefficient (Wildman–Crippen LogP) is 4.23. The van der Waals surface area contributed by atoms with Crippen molar-refractivity contribution >= 4 is 5.91 Å². The molecule has 1 fully saturated rings.